The zero-order valence-electron chi connectivity index (χ0n) is 9.69. The SMILES string of the molecule is CC(CN)CCC(=O)N1CC(CC(=O)O)C1. The van der Waals surface area contributed by atoms with Gasteiger partial charge in [0.25, 0.3) is 0 Å². The maximum atomic E-state index is 11.6. The second-order valence-corrected chi connectivity index (χ2v) is 4.64. The number of rotatable bonds is 6. The van der Waals surface area contributed by atoms with Gasteiger partial charge in [-0.15, -0.1) is 0 Å². The van der Waals surface area contributed by atoms with Gasteiger partial charge in [0.1, 0.15) is 0 Å². The minimum absolute atomic E-state index is 0.127. The highest BCUT2D eigenvalue weighted by Crippen LogP contribution is 2.20. The summed E-state index contributed by atoms with van der Waals surface area (Å²) in [6, 6.07) is 0. The monoisotopic (exact) mass is 228 g/mol. The Hall–Kier alpha value is -1.10. The molecule has 3 N–H and O–H groups in total. The number of amides is 1. The Balaban J connectivity index is 2.14. The van der Waals surface area contributed by atoms with Crippen LogP contribution in [0.2, 0.25) is 0 Å². The zero-order chi connectivity index (χ0) is 12.1. The smallest absolute Gasteiger partial charge is 0.303 e. The first-order valence-corrected chi connectivity index (χ1v) is 5.72. The molecule has 5 heteroatoms. The van der Waals surface area contributed by atoms with Crippen molar-refractivity contribution in [2.24, 2.45) is 17.6 Å². The third kappa shape index (κ3) is 3.81. The second-order valence-electron chi connectivity index (χ2n) is 4.64. The van der Waals surface area contributed by atoms with Gasteiger partial charge < -0.3 is 15.7 Å². The molecule has 1 saturated heterocycles. The molecule has 0 aliphatic carbocycles. The summed E-state index contributed by atoms with van der Waals surface area (Å²) in [6.07, 6.45) is 1.51. The van der Waals surface area contributed by atoms with Crippen molar-refractivity contribution in [2.75, 3.05) is 19.6 Å². The van der Waals surface area contributed by atoms with Crippen LogP contribution in [0.15, 0.2) is 0 Å². The molecule has 1 unspecified atom stereocenters. The Kier molecular flexibility index (Phi) is 4.73. The summed E-state index contributed by atoms with van der Waals surface area (Å²) < 4.78 is 0. The van der Waals surface area contributed by atoms with Gasteiger partial charge in [-0.25, -0.2) is 0 Å². The number of likely N-dealkylation sites (tertiary alicyclic amines) is 1. The summed E-state index contributed by atoms with van der Waals surface area (Å²) in [4.78, 5) is 23.8. The van der Waals surface area contributed by atoms with Crippen LogP contribution in [0.25, 0.3) is 0 Å². The molecule has 1 heterocycles. The number of nitrogens with two attached hydrogens (primary N) is 1. The number of nitrogens with zero attached hydrogens (tertiary/aromatic N) is 1. The molecule has 92 valence electrons. The molecule has 16 heavy (non-hydrogen) atoms. The first-order chi connectivity index (χ1) is 7.52. The van der Waals surface area contributed by atoms with E-state index in [-0.39, 0.29) is 18.2 Å². The molecule has 5 nitrogen and oxygen atoms in total. The van der Waals surface area contributed by atoms with E-state index in [0.29, 0.717) is 32.0 Å². The zero-order valence-corrected chi connectivity index (χ0v) is 9.69. The molecule has 1 rings (SSSR count). The van der Waals surface area contributed by atoms with Crippen LogP contribution in [0.1, 0.15) is 26.2 Å². The fraction of sp³-hybridized carbons (Fsp3) is 0.818. The van der Waals surface area contributed by atoms with E-state index in [9.17, 15) is 9.59 Å². The molecular formula is C11H20N2O3. The highest BCUT2D eigenvalue weighted by molar-refractivity contribution is 5.77. The van der Waals surface area contributed by atoms with Crippen molar-refractivity contribution >= 4 is 11.9 Å². The number of hydrogen-bond acceptors (Lipinski definition) is 3. The fourth-order valence-electron chi connectivity index (χ4n) is 1.80. The van der Waals surface area contributed by atoms with Crippen LogP contribution in [-0.4, -0.2) is 41.5 Å². The van der Waals surface area contributed by atoms with Gasteiger partial charge in [0.15, 0.2) is 0 Å². The Morgan fingerprint density at radius 2 is 2.12 bits per heavy atom. The molecule has 0 radical (unpaired) electrons. The Labute approximate surface area is 95.6 Å². The number of carbonyl (C=O) groups is 2. The minimum atomic E-state index is -0.783. The van der Waals surface area contributed by atoms with Crippen molar-refractivity contribution in [1.29, 1.82) is 0 Å². The van der Waals surface area contributed by atoms with Crippen LogP contribution < -0.4 is 5.73 Å². The third-order valence-electron chi connectivity index (χ3n) is 3.03. The third-order valence-corrected chi connectivity index (χ3v) is 3.03. The van der Waals surface area contributed by atoms with Crippen LogP contribution >= 0.6 is 0 Å². The minimum Gasteiger partial charge on any atom is -0.481 e. The normalized spacial score (nSPS) is 18.0. The van der Waals surface area contributed by atoms with Crippen molar-refractivity contribution in [3.8, 4) is 0 Å². The molecule has 0 aromatic carbocycles. The lowest BCUT2D eigenvalue weighted by Gasteiger charge is -2.38. The maximum absolute atomic E-state index is 11.6. The maximum Gasteiger partial charge on any atom is 0.303 e. The number of hydrogen-bond donors (Lipinski definition) is 2. The quantitative estimate of drug-likeness (QED) is 0.684. The molecule has 0 aromatic rings. The van der Waals surface area contributed by atoms with Crippen molar-refractivity contribution in [1.82, 2.24) is 4.90 Å². The molecule has 1 atom stereocenters. The predicted octanol–water partition coefficient (Wildman–Crippen LogP) is 0.295. The number of carboxylic acid groups (broad SMARTS) is 1. The van der Waals surface area contributed by atoms with E-state index < -0.39 is 5.97 Å². The van der Waals surface area contributed by atoms with Gasteiger partial charge >= 0.3 is 5.97 Å². The Morgan fingerprint density at radius 3 is 2.62 bits per heavy atom. The topological polar surface area (TPSA) is 83.6 Å². The van der Waals surface area contributed by atoms with Gasteiger partial charge in [-0.3, -0.25) is 9.59 Å². The lowest BCUT2D eigenvalue weighted by Crippen LogP contribution is -2.50. The molecule has 0 spiro atoms. The van der Waals surface area contributed by atoms with Crippen LogP contribution in [0, 0.1) is 11.8 Å². The summed E-state index contributed by atoms with van der Waals surface area (Å²) >= 11 is 0. The highest BCUT2D eigenvalue weighted by Gasteiger charge is 2.31. The van der Waals surface area contributed by atoms with Crippen molar-refractivity contribution in [3.05, 3.63) is 0 Å². The molecular weight excluding hydrogens is 208 g/mol. The van der Waals surface area contributed by atoms with E-state index in [1.807, 2.05) is 6.92 Å². The summed E-state index contributed by atoms with van der Waals surface area (Å²) in [5.74, 6) is -0.135. The average Bonchev–Trinajstić information content (AvgIpc) is 2.18. The van der Waals surface area contributed by atoms with Gasteiger partial charge in [-0.1, -0.05) is 6.92 Å². The lowest BCUT2D eigenvalue weighted by molar-refractivity contribution is -0.145. The molecule has 1 aliphatic rings. The lowest BCUT2D eigenvalue weighted by atomic mass is 9.95. The molecule has 0 aromatic heterocycles. The standard InChI is InChI=1S/C11H20N2O3/c1-8(5-12)2-3-10(14)13-6-9(7-13)4-11(15)16/h8-9H,2-7,12H2,1H3,(H,15,16). The van der Waals surface area contributed by atoms with Crippen molar-refractivity contribution < 1.29 is 14.7 Å². The Morgan fingerprint density at radius 1 is 1.50 bits per heavy atom. The first kappa shape index (κ1) is 13.0. The van der Waals surface area contributed by atoms with E-state index in [0.717, 1.165) is 6.42 Å². The van der Waals surface area contributed by atoms with Gasteiger partial charge in [-0.05, 0) is 18.9 Å². The van der Waals surface area contributed by atoms with Crippen molar-refractivity contribution in [3.63, 3.8) is 0 Å². The van der Waals surface area contributed by atoms with Crippen LogP contribution in [0.5, 0.6) is 0 Å². The number of carbonyl (C=O) groups excluding carboxylic acids is 1. The fourth-order valence-corrected chi connectivity index (χ4v) is 1.80. The molecule has 1 fully saturated rings. The van der Waals surface area contributed by atoms with Gasteiger partial charge in [-0.2, -0.15) is 0 Å². The first-order valence-electron chi connectivity index (χ1n) is 5.72. The largest absolute Gasteiger partial charge is 0.481 e. The van der Waals surface area contributed by atoms with Crippen LogP contribution in [-0.2, 0) is 9.59 Å². The number of aliphatic carboxylic acids is 1. The van der Waals surface area contributed by atoms with Crippen molar-refractivity contribution in [2.45, 2.75) is 26.2 Å². The van der Waals surface area contributed by atoms with E-state index in [1.165, 1.54) is 0 Å². The molecule has 1 amide bonds. The van der Waals surface area contributed by atoms with E-state index in [4.69, 9.17) is 10.8 Å². The van der Waals surface area contributed by atoms with E-state index in [1.54, 1.807) is 4.90 Å². The van der Waals surface area contributed by atoms with Gasteiger partial charge in [0, 0.05) is 25.4 Å². The number of carboxylic acids is 1. The summed E-state index contributed by atoms with van der Waals surface area (Å²) in [5.41, 5.74) is 5.47. The molecule has 0 saturated carbocycles. The van der Waals surface area contributed by atoms with Gasteiger partial charge in [0.05, 0.1) is 6.42 Å². The Bertz CT molecular complexity index is 262. The van der Waals surface area contributed by atoms with E-state index >= 15 is 0 Å². The molecule has 1 aliphatic heterocycles. The second kappa shape index (κ2) is 5.84. The average molecular weight is 228 g/mol. The van der Waals surface area contributed by atoms with Gasteiger partial charge in [0.2, 0.25) is 5.91 Å². The van der Waals surface area contributed by atoms with E-state index in [2.05, 4.69) is 0 Å². The van der Waals surface area contributed by atoms with Crippen LogP contribution in [0.4, 0.5) is 0 Å². The highest BCUT2D eigenvalue weighted by atomic mass is 16.4. The summed E-state index contributed by atoms with van der Waals surface area (Å²) in [6.45, 7) is 3.83. The predicted molar refractivity (Wildman–Crippen MR) is 59.8 cm³/mol. The summed E-state index contributed by atoms with van der Waals surface area (Å²) in [7, 11) is 0. The van der Waals surface area contributed by atoms with Crippen LogP contribution in [0.3, 0.4) is 0 Å². The summed E-state index contributed by atoms with van der Waals surface area (Å²) in [5, 5.41) is 8.56. The molecule has 0 bridgehead atoms.